The molecule has 0 aromatic carbocycles. The summed E-state index contributed by atoms with van der Waals surface area (Å²) in [5.74, 6) is -0.919. The first-order valence-corrected chi connectivity index (χ1v) is 5.63. The third-order valence-corrected chi connectivity index (χ3v) is 2.81. The van der Waals surface area contributed by atoms with E-state index in [1.54, 1.807) is 33.0 Å². The molecule has 16 heavy (non-hydrogen) atoms. The van der Waals surface area contributed by atoms with E-state index >= 15 is 0 Å². The van der Waals surface area contributed by atoms with E-state index in [-0.39, 0.29) is 12.1 Å². The third kappa shape index (κ3) is 2.72. The van der Waals surface area contributed by atoms with Crippen LogP contribution in [0, 0.1) is 12.3 Å². The number of rotatable bonds is 3. The molecule has 0 unspecified atom stereocenters. The van der Waals surface area contributed by atoms with Crippen LogP contribution < -0.4 is 5.56 Å². The van der Waals surface area contributed by atoms with Gasteiger partial charge in [0.05, 0.1) is 5.41 Å². The Morgan fingerprint density at radius 2 is 2.12 bits per heavy atom. The Morgan fingerprint density at radius 3 is 2.62 bits per heavy atom. The number of halogens is 1. The van der Waals surface area contributed by atoms with Gasteiger partial charge in [-0.1, -0.05) is 0 Å². The summed E-state index contributed by atoms with van der Waals surface area (Å²) in [7, 11) is 0. The van der Waals surface area contributed by atoms with E-state index < -0.39 is 11.4 Å². The van der Waals surface area contributed by atoms with Crippen LogP contribution in [0.1, 0.15) is 19.4 Å². The highest BCUT2D eigenvalue weighted by Crippen LogP contribution is 2.18. The summed E-state index contributed by atoms with van der Waals surface area (Å²) >= 11 is 3.28. The van der Waals surface area contributed by atoms with Gasteiger partial charge in [0.15, 0.2) is 0 Å². The number of pyridine rings is 1. The molecule has 1 aromatic heterocycles. The van der Waals surface area contributed by atoms with Gasteiger partial charge in [-0.15, -0.1) is 0 Å². The predicted octanol–water partition coefficient (Wildman–Crippen LogP) is 2.03. The molecule has 0 bridgehead atoms. The highest BCUT2D eigenvalue weighted by atomic mass is 79.9. The molecule has 4 nitrogen and oxygen atoms in total. The Labute approximate surface area is 102 Å². The number of aliphatic carboxylic acids is 1. The second-order valence-electron chi connectivity index (χ2n) is 4.46. The minimum Gasteiger partial charge on any atom is -0.481 e. The topological polar surface area (TPSA) is 59.3 Å². The van der Waals surface area contributed by atoms with E-state index in [1.807, 2.05) is 0 Å². The summed E-state index contributed by atoms with van der Waals surface area (Å²) < 4.78 is 2.19. The Bertz CT molecular complexity index is 477. The zero-order valence-corrected chi connectivity index (χ0v) is 11.0. The van der Waals surface area contributed by atoms with E-state index in [2.05, 4.69) is 15.9 Å². The molecule has 0 saturated carbocycles. The van der Waals surface area contributed by atoms with Crippen molar-refractivity contribution >= 4 is 21.9 Å². The fraction of sp³-hybridized carbons (Fsp3) is 0.455. The average Bonchev–Trinajstić information content (AvgIpc) is 2.12. The normalized spacial score (nSPS) is 11.5. The van der Waals surface area contributed by atoms with Crippen molar-refractivity contribution in [3.8, 4) is 0 Å². The summed E-state index contributed by atoms with van der Waals surface area (Å²) in [5, 5.41) is 9.00. The van der Waals surface area contributed by atoms with Gasteiger partial charge < -0.3 is 9.67 Å². The van der Waals surface area contributed by atoms with E-state index in [9.17, 15) is 9.59 Å². The van der Waals surface area contributed by atoms with Crippen LogP contribution in [0.2, 0.25) is 0 Å². The standard InChI is InChI=1S/C11H14BrNO3/c1-7-4-8(12)5-13(9(7)14)6-11(2,3)10(15)16/h4-5H,6H2,1-3H3,(H,15,16). The lowest BCUT2D eigenvalue weighted by Crippen LogP contribution is -2.34. The van der Waals surface area contributed by atoms with Gasteiger partial charge in [-0.25, -0.2) is 0 Å². The largest absolute Gasteiger partial charge is 0.481 e. The van der Waals surface area contributed by atoms with Crippen LogP contribution in [-0.2, 0) is 11.3 Å². The van der Waals surface area contributed by atoms with Crippen molar-refractivity contribution in [3.63, 3.8) is 0 Å². The molecule has 0 atom stereocenters. The first-order chi connectivity index (χ1) is 7.24. The van der Waals surface area contributed by atoms with Gasteiger partial charge in [0, 0.05) is 22.8 Å². The first-order valence-electron chi connectivity index (χ1n) is 4.84. The highest BCUT2D eigenvalue weighted by Gasteiger charge is 2.28. The van der Waals surface area contributed by atoms with Gasteiger partial charge in [0.1, 0.15) is 0 Å². The SMILES string of the molecule is Cc1cc(Br)cn(CC(C)(C)C(=O)O)c1=O. The maximum Gasteiger partial charge on any atom is 0.310 e. The lowest BCUT2D eigenvalue weighted by Gasteiger charge is -2.20. The van der Waals surface area contributed by atoms with Gasteiger partial charge in [-0.05, 0) is 42.8 Å². The van der Waals surface area contributed by atoms with Gasteiger partial charge in [-0.3, -0.25) is 9.59 Å². The maximum absolute atomic E-state index is 11.8. The Balaban J connectivity index is 3.16. The third-order valence-electron chi connectivity index (χ3n) is 2.38. The number of nitrogens with zero attached hydrogens (tertiary/aromatic N) is 1. The number of hydrogen-bond donors (Lipinski definition) is 1. The minimum absolute atomic E-state index is 0.154. The predicted molar refractivity (Wildman–Crippen MR) is 64.6 cm³/mol. The zero-order valence-electron chi connectivity index (χ0n) is 9.45. The van der Waals surface area contributed by atoms with Crippen molar-refractivity contribution in [3.05, 3.63) is 32.7 Å². The summed E-state index contributed by atoms with van der Waals surface area (Å²) in [6.45, 7) is 5.05. The number of aromatic nitrogens is 1. The molecule has 1 aromatic rings. The smallest absolute Gasteiger partial charge is 0.310 e. The maximum atomic E-state index is 11.8. The molecule has 88 valence electrons. The Morgan fingerprint density at radius 1 is 1.56 bits per heavy atom. The fourth-order valence-corrected chi connectivity index (χ4v) is 1.94. The second-order valence-corrected chi connectivity index (χ2v) is 5.38. The van der Waals surface area contributed by atoms with Crippen molar-refractivity contribution in [1.29, 1.82) is 0 Å². The van der Waals surface area contributed by atoms with Crippen LogP contribution in [0.25, 0.3) is 0 Å². The number of carboxylic acids is 1. The van der Waals surface area contributed by atoms with Crippen LogP contribution >= 0.6 is 15.9 Å². The van der Waals surface area contributed by atoms with Crippen LogP contribution in [0.3, 0.4) is 0 Å². The molecule has 0 radical (unpaired) electrons. The van der Waals surface area contributed by atoms with Crippen molar-refractivity contribution in [2.75, 3.05) is 0 Å². The van der Waals surface area contributed by atoms with Crippen LogP contribution in [0.15, 0.2) is 21.5 Å². The minimum atomic E-state index is -0.961. The lowest BCUT2D eigenvalue weighted by molar-refractivity contribution is -0.147. The second kappa shape index (κ2) is 4.41. The number of aryl methyl sites for hydroxylation is 1. The molecule has 1 heterocycles. The zero-order chi connectivity index (χ0) is 12.5. The summed E-state index contributed by atoms with van der Waals surface area (Å²) in [6, 6.07) is 1.71. The molecule has 0 spiro atoms. The monoisotopic (exact) mass is 287 g/mol. The summed E-state index contributed by atoms with van der Waals surface area (Å²) in [5.41, 5.74) is -0.523. The molecular weight excluding hydrogens is 274 g/mol. The van der Waals surface area contributed by atoms with Crippen molar-refractivity contribution in [2.45, 2.75) is 27.3 Å². The van der Waals surface area contributed by atoms with Gasteiger partial charge in [0.2, 0.25) is 0 Å². The quantitative estimate of drug-likeness (QED) is 0.925. The Hall–Kier alpha value is -1.10. The van der Waals surface area contributed by atoms with Crippen LogP contribution in [-0.4, -0.2) is 15.6 Å². The van der Waals surface area contributed by atoms with Gasteiger partial charge >= 0.3 is 5.97 Å². The highest BCUT2D eigenvalue weighted by molar-refractivity contribution is 9.10. The molecule has 5 heteroatoms. The van der Waals surface area contributed by atoms with Gasteiger partial charge in [0.25, 0.3) is 5.56 Å². The van der Waals surface area contributed by atoms with E-state index in [1.165, 1.54) is 4.57 Å². The molecular formula is C11H14BrNO3. The van der Waals surface area contributed by atoms with E-state index in [0.717, 1.165) is 4.47 Å². The number of carbonyl (C=O) groups is 1. The number of hydrogen-bond acceptors (Lipinski definition) is 2. The molecule has 0 aliphatic rings. The molecule has 1 rings (SSSR count). The van der Waals surface area contributed by atoms with Crippen LogP contribution in [0.4, 0.5) is 0 Å². The van der Waals surface area contributed by atoms with Crippen molar-refractivity contribution < 1.29 is 9.90 Å². The number of carboxylic acid groups (broad SMARTS) is 1. The van der Waals surface area contributed by atoms with Crippen molar-refractivity contribution in [1.82, 2.24) is 4.57 Å². The molecule has 0 saturated heterocycles. The lowest BCUT2D eigenvalue weighted by atomic mass is 9.94. The average molecular weight is 288 g/mol. The first kappa shape index (κ1) is 13.0. The van der Waals surface area contributed by atoms with E-state index in [4.69, 9.17) is 5.11 Å². The molecule has 0 amide bonds. The van der Waals surface area contributed by atoms with Crippen LogP contribution in [0.5, 0.6) is 0 Å². The fourth-order valence-electron chi connectivity index (χ4n) is 1.35. The molecule has 0 aliphatic heterocycles. The van der Waals surface area contributed by atoms with Crippen molar-refractivity contribution in [2.24, 2.45) is 5.41 Å². The molecule has 1 N–H and O–H groups in total. The molecule has 0 fully saturated rings. The summed E-state index contributed by atoms with van der Waals surface area (Å²) in [4.78, 5) is 22.7. The van der Waals surface area contributed by atoms with E-state index in [0.29, 0.717) is 5.56 Å². The Kier molecular flexibility index (Phi) is 3.57. The van der Waals surface area contributed by atoms with Gasteiger partial charge in [-0.2, -0.15) is 0 Å². The molecule has 0 aliphatic carbocycles. The summed E-state index contributed by atoms with van der Waals surface area (Å²) in [6.07, 6.45) is 1.61.